The van der Waals surface area contributed by atoms with Crippen LogP contribution in [0.4, 0.5) is 21.9 Å². The van der Waals surface area contributed by atoms with Crippen LogP contribution in [0.1, 0.15) is 70.2 Å². The fraction of sp³-hybridized carbons (Fsp3) is 0.548. The third-order valence-corrected chi connectivity index (χ3v) is 10.5. The van der Waals surface area contributed by atoms with Crippen LogP contribution in [-0.4, -0.2) is 80.4 Å². The molecule has 11 nitrogen and oxygen atoms in total. The predicted octanol–water partition coefficient (Wildman–Crippen LogP) is 5.77. The molecule has 1 aliphatic heterocycles. The van der Waals surface area contributed by atoms with Crippen molar-refractivity contribution >= 4 is 48.8 Å². The molecule has 2 N–H and O–H groups in total. The Bertz CT molecular complexity index is 1510. The predicted molar refractivity (Wildman–Crippen MR) is 177 cm³/mol. The molecule has 1 aliphatic rings. The van der Waals surface area contributed by atoms with E-state index >= 15 is 0 Å². The number of hydrogen-bond donors (Lipinski definition) is 2. The number of anilines is 3. The van der Waals surface area contributed by atoms with Crippen LogP contribution in [0.25, 0.3) is 0 Å². The van der Waals surface area contributed by atoms with Crippen LogP contribution in [0, 0.1) is 4.78 Å². The lowest BCUT2D eigenvalue weighted by molar-refractivity contribution is 0.0240. The first-order valence-corrected chi connectivity index (χ1v) is 18.6. The molecule has 0 aliphatic carbocycles. The van der Waals surface area contributed by atoms with Crippen molar-refractivity contribution in [3.05, 3.63) is 48.0 Å². The second kappa shape index (κ2) is 14.6. The maximum absolute atomic E-state index is 13.6. The van der Waals surface area contributed by atoms with Crippen molar-refractivity contribution in [2.75, 3.05) is 59.8 Å². The molecule has 1 heterocycles. The van der Waals surface area contributed by atoms with Gasteiger partial charge in [0.25, 0.3) is 5.91 Å². The normalized spacial score (nSPS) is 15.4. The summed E-state index contributed by atoms with van der Waals surface area (Å²) in [5.41, 5.74) is 0.932. The smallest absolute Gasteiger partial charge is 0.410 e. The number of sulfonamides is 1. The molecule has 3 rings (SSSR count). The Morgan fingerprint density at radius 3 is 2.14 bits per heavy atom. The summed E-state index contributed by atoms with van der Waals surface area (Å²) in [6.07, 6.45) is 5.68. The van der Waals surface area contributed by atoms with Crippen LogP contribution in [-0.2, 0) is 24.5 Å². The number of carbonyl (C=O) groups is 2. The zero-order valence-corrected chi connectivity index (χ0v) is 28.4. The molecule has 2 aromatic carbocycles. The number of amides is 2. The largest absolute Gasteiger partial charge is 0.444 e. The lowest BCUT2D eigenvalue weighted by atomic mass is 10.1. The molecule has 1 atom stereocenters. The molecule has 1 fully saturated rings. The van der Waals surface area contributed by atoms with E-state index in [9.17, 15) is 22.2 Å². The highest BCUT2D eigenvalue weighted by Gasteiger charge is 2.27. The standard InChI is InChI=1S/C31H47N5O6S2/c1-7-8-9-10-11-22-44(32,41)26-15-12-24(13-16-26)33-29(37)27-23-25(14-17-28(27)34(5)43(6,39)40)35-18-20-36(21-19-35)30(38)42-31(2,3)4/h12-17,23,32H,7-11,18-22H2,1-6H3,(H,33,37). The zero-order valence-electron chi connectivity index (χ0n) is 26.7. The van der Waals surface area contributed by atoms with Crippen molar-refractivity contribution in [3.63, 3.8) is 0 Å². The average molecular weight is 650 g/mol. The van der Waals surface area contributed by atoms with Crippen LogP contribution in [0.15, 0.2) is 47.4 Å². The highest BCUT2D eigenvalue weighted by atomic mass is 32.2. The van der Waals surface area contributed by atoms with Crippen molar-refractivity contribution in [2.24, 2.45) is 0 Å². The van der Waals surface area contributed by atoms with E-state index in [-0.39, 0.29) is 17.3 Å². The summed E-state index contributed by atoms with van der Waals surface area (Å²) in [6.45, 7) is 9.48. The maximum Gasteiger partial charge on any atom is 0.410 e. The molecule has 244 valence electrons. The van der Waals surface area contributed by atoms with Crippen LogP contribution < -0.4 is 14.5 Å². The highest BCUT2D eigenvalue weighted by Crippen LogP contribution is 2.29. The molecule has 44 heavy (non-hydrogen) atoms. The number of hydrogen-bond acceptors (Lipinski definition) is 8. The first-order chi connectivity index (χ1) is 20.5. The molecule has 2 aromatic rings. The fourth-order valence-corrected chi connectivity index (χ4v) is 6.75. The molecular weight excluding hydrogens is 603 g/mol. The van der Waals surface area contributed by atoms with Crippen LogP contribution >= 0.6 is 0 Å². The second-order valence-corrected chi connectivity index (χ2v) is 16.4. The van der Waals surface area contributed by atoms with Gasteiger partial charge in [-0.15, -0.1) is 0 Å². The number of rotatable bonds is 12. The number of carbonyl (C=O) groups excluding carboxylic acids is 2. The topological polar surface area (TPSA) is 140 Å². The summed E-state index contributed by atoms with van der Waals surface area (Å²) in [5.74, 6) is -0.220. The van der Waals surface area contributed by atoms with Gasteiger partial charge in [0.2, 0.25) is 10.0 Å². The molecule has 1 saturated heterocycles. The summed E-state index contributed by atoms with van der Waals surface area (Å²) in [7, 11) is -5.21. The van der Waals surface area contributed by atoms with Crippen molar-refractivity contribution in [1.29, 1.82) is 4.78 Å². The Hall–Kier alpha value is -3.32. The van der Waals surface area contributed by atoms with E-state index in [4.69, 9.17) is 9.52 Å². The average Bonchev–Trinajstić information content (AvgIpc) is 2.95. The van der Waals surface area contributed by atoms with E-state index in [0.717, 1.165) is 42.7 Å². The Morgan fingerprint density at radius 2 is 1.57 bits per heavy atom. The molecular formula is C31H47N5O6S2. The van der Waals surface area contributed by atoms with Crippen LogP contribution in [0.2, 0.25) is 0 Å². The quantitative estimate of drug-likeness (QED) is 0.278. The monoisotopic (exact) mass is 649 g/mol. The van der Waals surface area contributed by atoms with Gasteiger partial charge in [-0.1, -0.05) is 32.6 Å². The third-order valence-electron chi connectivity index (χ3n) is 7.39. The minimum absolute atomic E-state index is 0.158. The van der Waals surface area contributed by atoms with Gasteiger partial charge in [0.05, 0.1) is 27.2 Å². The summed E-state index contributed by atoms with van der Waals surface area (Å²) in [6, 6.07) is 11.4. The Morgan fingerprint density at radius 1 is 0.955 bits per heavy atom. The summed E-state index contributed by atoms with van der Waals surface area (Å²) in [5, 5.41) is 2.82. The van der Waals surface area contributed by atoms with E-state index in [1.807, 2.05) is 25.7 Å². The molecule has 0 bridgehead atoms. The number of piperazine rings is 1. The lowest BCUT2D eigenvalue weighted by Gasteiger charge is -2.37. The zero-order chi connectivity index (χ0) is 32.7. The number of nitrogens with zero attached hydrogens (tertiary/aromatic N) is 3. The minimum atomic E-state index is -3.66. The summed E-state index contributed by atoms with van der Waals surface area (Å²) < 4.78 is 52.7. The summed E-state index contributed by atoms with van der Waals surface area (Å²) in [4.78, 5) is 30.1. The molecule has 0 aromatic heterocycles. The van der Waals surface area contributed by atoms with Crippen molar-refractivity contribution in [3.8, 4) is 0 Å². The van der Waals surface area contributed by atoms with E-state index in [1.54, 1.807) is 47.4 Å². The van der Waals surface area contributed by atoms with E-state index in [0.29, 0.717) is 48.2 Å². The summed E-state index contributed by atoms with van der Waals surface area (Å²) >= 11 is 0. The van der Waals surface area contributed by atoms with Gasteiger partial charge in [-0.25, -0.2) is 22.2 Å². The lowest BCUT2D eigenvalue weighted by Crippen LogP contribution is -2.50. The van der Waals surface area contributed by atoms with Gasteiger partial charge < -0.3 is 19.9 Å². The SMILES string of the molecule is CCCCCCCS(=N)(=O)c1ccc(NC(=O)c2cc(N3CCN(C(=O)OC(C)(C)C)CC3)ccc2N(C)S(C)(=O)=O)cc1. The van der Waals surface area contributed by atoms with Gasteiger partial charge in [-0.05, 0) is 69.7 Å². The molecule has 0 saturated carbocycles. The number of benzene rings is 2. The molecule has 2 amide bonds. The Labute approximate surface area is 263 Å². The van der Waals surface area contributed by atoms with Crippen molar-refractivity contribution < 1.29 is 27.0 Å². The van der Waals surface area contributed by atoms with E-state index in [2.05, 4.69) is 12.2 Å². The van der Waals surface area contributed by atoms with Crippen molar-refractivity contribution in [2.45, 2.75) is 70.3 Å². The molecule has 0 radical (unpaired) electrons. The Balaban J connectivity index is 1.77. The van der Waals surface area contributed by atoms with Crippen LogP contribution in [0.3, 0.4) is 0 Å². The molecule has 1 unspecified atom stereocenters. The van der Waals surface area contributed by atoms with Gasteiger partial charge in [0.1, 0.15) is 5.60 Å². The number of ether oxygens (including phenoxy) is 1. The number of nitrogens with one attached hydrogen (secondary N) is 2. The van der Waals surface area contributed by atoms with Gasteiger partial charge in [0, 0.05) is 55.2 Å². The second-order valence-electron chi connectivity index (χ2n) is 12.2. The van der Waals surface area contributed by atoms with E-state index in [1.165, 1.54) is 7.05 Å². The van der Waals surface area contributed by atoms with Gasteiger partial charge in [0.15, 0.2) is 0 Å². The highest BCUT2D eigenvalue weighted by molar-refractivity contribution is 7.92. The van der Waals surface area contributed by atoms with Crippen LogP contribution in [0.5, 0.6) is 0 Å². The first-order valence-electron chi connectivity index (χ1n) is 15.0. The van der Waals surface area contributed by atoms with Gasteiger partial charge in [-0.2, -0.15) is 0 Å². The van der Waals surface area contributed by atoms with Gasteiger partial charge in [-0.3, -0.25) is 9.10 Å². The van der Waals surface area contributed by atoms with Crippen molar-refractivity contribution in [1.82, 2.24) is 4.90 Å². The molecule has 0 spiro atoms. The third kappa shape index (κ3) is 9.85. The van der Waals surface area contributed by atoms with Gasteiger partial charge >= 0.3 is 6.09 Å². The Kier molecular flexibility index (Phi) is 11.7. The number of unbranched alkanes of at least 4 members (excludes halogenated alkanes) is 4. The van der Waals surface area contributed by atoms with E-state index < -0.39 is 31.3 Å². The first kappa shape index (κ1) is 35.2. The fourth-order valence-electron chi connectivity index (χ4n) is 4.81. The minimum Gasteiger partial charge on any atom is -0.444 e. The molecule has 13 heteroatoms. The maximum atomic E-state index is 13.6.